The van der Waals surface area contributed by atoms with E-state index in [4.69, 9.17) is 11.6 Å². The molecule has 1 aliphatic rings. The lowest BCUT2D eigenvalue weighted by molar-refractivity contribution is 0.897. The first-order chi connectivity index (χ1) is 6.27. The Balaban J connectivity index is 2.36. The fourth-order valence-corrected chi connectivity index (χ4v) is 1.67. The van der Waals surface area contributed by atoms with Crippen LogP contribution in [0.4, 0.5) is 0 Å². The fourth-order valence-electron chi connectivity index (χ4n) is 1.49. The maximum Gasteiger partial charge on any atom is 0.0441 e. The van der Waals surface area contributed by atoms with Gasteiger partial charge in [-0.3, -0.25) is 0 Å². The normalized spacial score (nSPS) is 16.0. The van der Waals surface area contributed by atoms with Crippen LogP contribution in [0.5, 0.6) is 0 Å². The van der Waals surface area contributed by atoms with Crippen molar-refractivity contribution in [1.29, 1.82) is 0 Å². The summed E-state index contributed by atoms with van der Waals surface area (Å²) in [5, 5.41) is 4.12. The van der Waals surface area contributed by atoms with Crippen molar-refractivity contribution in [2.45, 2.75) is 6.92 Å². The minimum absolute atomic E-state index is 0.852. The van der Waals surface area contributed by atoms with Crippen molar-refractivity contribution >= 4 is 17.2 Å². The van der Waals surface area contributed by atoms with Crippen molar-refractivity contribution in [2.24, 2.45) is 0 Å². The highest BCUT2D eigenvalue weighted by Gasteiger charge is 2.06. The van der Waals surface area contributed by atoms with Crippen LogP contribution in [0.3, 0.4) is 0 Å². The molecule has 2 heteroatoms. The Morgan fingerprint density at radius 2 is 2.23 bits per heavy atom. The summed E-state index contributed by atoms with van der Waals surface area (Å²) in [6.45, 7) is 3.95. The van der Waals surface area contributed by atoms with Gasteiger partial charge in [0.2, 0.25) is 0 Å². The predicted octanol–water partition coefficient (Wildman–Crippen LogP) is 2.64. The Morgan fingerprint density at radius 3 is 2.85 bits per heavy atom. The van der Waals surface area contributed by atoms with Crippen LogP contribution < -0.4 is 5.32 Å². The summed E-state index contributed by atoms with van der Waals surface area (Å²) in [4.78, 5) is 0. The summed E-state index contributed by atoms with van der Waals surface area (Å²) >= 11 is 6.04. The zero-order chi connectivity index (χ0) is 9.26. The van der Waals surface area contributed by atoms with Gasteiger partial charge in [0.1, 0.15) is 0 Å². The van der Waals surface area contributed by atoms with Crippen LogP contribution in [0.15, 0.2) is 24.3 Å². The molecule has 0 aromatic heterocycles. The molecule has 0 atom stereocenters. The molecule has 68 valence electrons. The third-order valence-electron chi connectivity index (χ3n) is 2.35. The Morgan fingerprint density at radius 1 is 1.38 bits per heavy atom. The molecule has 0 bridgehead atoms. The number of benzene rings is 1. The minimum Gasteiger partial charge on any atom is -0.309 e. The summed E-state index contributed by atoms with van der Waals surface area (Å²) in [5.74, 6) is 0. The third-order valence-corrected chi connectivity index (χ3v) is 2.76. The Kier molecular flexibility index (Phi) is 2.38. The second-order valence-electron chi connectivity index (χ2n) is 3.32. The van der Waals surface area contributed by atoms with Gasteiger partial charge in [-0.25, -0.2) is 0 Å². The van der Waals surface area contributed by atoms with Crippen molar-refractivity contribution in [3.8, 4) is 0 Å². The Bertz CT molecular complexity index is 355. The zero-order valence-electron chi connectivity index (χ0n) is 7.60. The lowest BCUT2D eigenvalue weighted by Gasteiger charge is -2.04. The van der Waals surface area contributed by atoms with Crippen LogP contribution in [-0.4, -0.2) is 13.1 Å². The van der Waals surface area contributed by atoms with Gasteiger partial charge in [-0.1, -0.05) is 29.8 Å². The SMILES string of the molecule is Cc1ccc(C2=CCNC2)cc1Cl. The van der Waals surface area contributed by atoms with E-state index in [9.17, 15) is 0 Å². The van der Waals surface area contributed by atoms with Crippen molar-refractivity contribution in [3.05, 3.63) is 40.4 Å². The molecule has 0 aliphatic carbocycles. The number of rotatable bonds is 1. The second-order valence-corrected chi connectivity index (χ2v) is 3.73. The van der Waals surface area contributed by atoms with E-state index in [1.807, 2.05) is 13.0 Å². The molecule has 13 heavy (non-hydrogen) atoms. The summed E-state index contributed by atoms with van der Waals surface area (Å²) < 4.78 is 0. The van der Waals surface area contributed by atoms with E-state index >= 15 is 0 Å². The molecule has 0 saturated heterocycles. The summed E-state index contributed by atoms with van der Waals surface area (Å²) in [7, 11) is 0. The van der Waals surface area contributed by atoms with E-state index < -0.39 is 0 Å². The molecular weight excluding hydrogens is 182 g/mol. The van der Waals surface area contributed by atoms with E-state index in [2.05, 4.69) is 23.5 Å². The second kappa shape index (κ2) is 3.52. The van der Waals surface area contributed by atoms with Crippen molar-refractivity contribution in [2.75, 3.05) is 13.1 Å². The first kappa shape index (κ1) is 8.79. The lowest BCUT2D eigenvalue weighted by atomic mass is 10.1. The van der Waals surface area contributed by atoms with Gasteiger partial charge in [0, 0.05) is 18.1 Å². The van der Waals surface area contributed by atoms with Crippen LogP contribution in [-0.2, 0) is 0 Å². The molecule has 1 aromatic carbocycles. The molecule has 2 rings (SSSR count). The fraction of sp³-hybridized carbons (Fsp3) is 0.273. The highest BCUT2D eigenvalue weighted by Crippen LogP contribution is 2.22. The maximum atomic E-state index is 6.04. The minimum atomic E-state index is 0.852. The molecule has 0 saturated carbocycles. The summed E-state index contributed by atoms with van der Waals surface area (Å²) in [6, 6.07) is 6.23. The standard InChI is InChI=1S/C11H12ClN/c1-8-2-3-9(6-11(8)12)10-4-5-13-7-10/h2-4,6,13H,5,7H2,1H3. The van der Waals surface area contributed by atoms with Crippen molar-refractivity contribution in [1.82, 2.24) is 5.32 Å². The molecular formula is C11H12ClN. The van der Waals surface area contributed by atoms with E-state index in [0.717, 1.165) is 23.7 Å². The number of nitrogens with one attached hydrogen (secondary N) is 1. The van der Waals surface area contributed by atoms with Crippen molar-refractivity contribution in [3.63, 3.8) is 0 Å². The molecule has 1 heterocycles. The topological polar surface area (TPSA) is 12.0 Å². The average Bonchev–Trinajstić information content (AvgIpc) is 2.62. The lowest BCUT2D eigenvalue weighted by Crippen LogP contribution is -2.07. The van der Waals surface area contributed by atoms with Crippen LogP contribution in [0.25, 0.3) is 5.57 Å². The largest absolute Gasteiger partial charge is 0.309 e. The van der Waals surface area contributed by atoms with Gasteiger partial charge in [0.15, 0.2) is 0 Å². The molecule has 0 fully saturated rings. The average molecular weight is 194 g/mol. The Labute approximate surface area is 83.4 Å². The van der Waals surface area contributed by atoms with Gasteiger partial charge in [-0.05, 0) is 29.7 Å². The van der Waals surface area contributed by atoms with Gasteiger partial charge in [0.05, 0.1) is 0 Å². The first-order valence-electron chi connectivity index (χ1n) is 4.43. The molecule has 0 radical (unpaired) electrons. The predicted molar refractivity (Wildman–Crippen MR) is 57.0 cm³/mol. The van der Waals surface area contributed by atoms with Crippen LogP contribution in [0, 0.1) is 6.92 Å². The maximum absolute atomic E-state index is 6.04. The molecule has 1 N–H and O–H groups in total. The Hall–Kier alpha value is -0.790. The molecule has 1 nitrogen and oxygen atoms in total. The van der Waals surface area contributed by atoms with Gasteiger partial charge >= 0.3 is 0 Å². The molecule has 1 aliphatic heterocycles. The van der Waals surface area contributed by atoms with Crippen LogP contribution in [0.1, 0.15) is 11.1 Å². The monoisotopic (exact) mass is 193 g/mol. The van der Waals surface area contributed by atoms with E-state index in [-0.39, 0.29) is 0 Å². The van der Waals surface area contributed by atoms with E-state index in [0.29, 0.717) is 0 Å². The van der Waals surface area contributed by atoms with Gasteiger partial charge in [-0.2, -0.15) is 0 Å². The van der Waals surface area contributed by atoms with Crippen LogP contribution >= 0.6 is 11.6 Å². The molecule has 0 amide bonds. The number of halogens is 1. The van der Waals surface area contributed by atoms with Gasteiger partial charge in [0.25, 0.3) is 0 Å². The first-order valence-corrected chi connectivity index (χ1v) is 4.81. The van der Waals surface area contributed by atoms with E-state index in [1.165, 1.54) is 11.1 Å². The van der Waals surface area contributed by atoms with Gasteiger partial charge in [-0.15, -0.1) is 0 Å². The third kappa shape index (κ3) is 1.77. The van der Waals surface area contributed by atoms with Crippen LogP contribution in [0.2, 0.25) is 5.02 Å². The molecule has 1 aromatic rings. The highest BCUT2D eigenvalue weighted by atomic mass is 35.5. The van der Waals surface area contributed by atoms with Crippen molar-refractivity contribution < 1.29 is 0 Å². The zero-order valence-corrected chi connectivity index (χ0v) is 8.36. The van der Waals surface area contributed by atoms with E-state index in [1.54, 1.807) is 0 Å². The summed E-state index contributed by atoms with van der Waals surface area (Å²) in [5.41, 5.74) is 3.72. The van der Waals surface area contributed by atoms with Gasteiger partial charge < -0.3 is 5.32 Å². The highest BCUT2D eigenvalue weighted by molar-refractivity contribution is 6.31. The molecule has 0 spiro atoms. The number of hydrogen-bond acceptors (Lipinski definition) is 1. The molecule has 0 unspecified atom stereocenters. The number of hydrogen-bond donors (Lipinski definition) is 1. The quantitative estimate of drug-likeness (QED) is 0.723. The number of aryl methyl sites for hydroxylation is 1. The summed E-state index contributed by atoms with van der Waals surface area (Å²) in [6.07, 6.45) is 2.21. The smallest absolute Gasteiger partial charge is 0.0441 e.